The van der Waals surface area contributed by atoms with Crippen molar-refractivity contribution in [1.29, 1.82) is 0 Å². The van der Waals surface area contributed by atoms with Crippen molar-refractivity contribution in [2.24, 2.45) is 7.05 Å². The lowest BCUT2D eigenvalue weighted by molar-refractivity contribution is 0.102. The lowest BCUT2D eigenvalue weighted by Gasteiger charge is -2.06. The van der Waals surface area contributed by atoms with Gasteiger partial charge < -0.3 is 11.1 Å². The van der Waals surface area contributed by atoms with Gasteiger partial charge in [-0.05, 0) is 30.3 Å². The van der Waals surface area contributed by atoms with Crippen LogP contribution >= 0.6 is 11.6 Å². The summed E-state index contributed by atoms with van der Waals surface area (Å²) in [6.07, 6.45) is 0. The molecule has 0 unspecified atom stereocenters. The van der Waals surface area contributed by atoms with Crippen LogP contribution in [-0.4, -0.2) is 15.7 Å². The van der Waals surface area contributed by atoms with E-state index >= 15 is 0 Å². The standard InChI is InChI=1S/C17H14ClFN4O/c1-23-16(21-17(24)11-4-2-3-5-13(11)18)9-15(22-23)12-7-6-10(20)8-14(12)19/h2-9H,20H2,1H3,(H,21,24). The van der Waals surface area contributed by atoms with Gasteiger partial charge in [0.15, 0.2) is 0 Å². The van der Waals surface area contributed by atoms with Crippen LogP contribution in [0.25, 0.3) is 11.3 Å². The summed E-state index contributed by atoms with van der Waals surface area (Å²) in [4.78, 5) is 12.3. The molecule has 0 fully saturated rings. The molecule has 1 aromatic heterocycles. The number of carbonyl (C=O) groups is 1. The van der Waals surface area contributed by atoms with E-state index in [4.69, 9.17) is 17.3 Å². The Balaban J connectivity index is 1.90. The van der Waals surface area contributed by atoms with Gasteiger partial charge >= 0.3 is 0 Å². The van der Waals surface area contributed by atoms with Crippen molar-refractivity contribution >= 4 is 29.0 Å². The second kappa shape index (κ2) is 6.33. The summed E-state index contributed by atoms with van der Waals surface area (Å²) in [5.41, 5.74) is 6.93. The molecule has 3 rings (SSSR count). The largest absolute Gasteiger partial charge is 0.399 e. The molecule has 122 valence electrons. The van der Waals surface area contributed by atoms with E-state index in [9.17, 15) is 9.18 Å². The quantitative estimate of drug-likeness (QED) is 0.711. The van der Waals surface area contributed by atoms with Gasteiger partial charge in [-0.2, -0.15) is 5.10 Å². The minimum absolute atomic E-state index is 0.304. The number of nitrogens with two attached hydrogens (primary N) is 1. The number of nitrogens with zero attached hydrogens (tertiary/aromatic N) is 2. The molecule has 0 aliphatic carbocycles. The Morgan fingerprint density at radius 1 is 1.25 bits per heavy atom. The van der Waals surface area contributed by atoms with Crippen molar-refractivity contribution in [3.05, 3.63) is 64.9 Å². The number of halogens is 2. The van der Waals surface area contributed by atoms with Crippen LogP contribution in [0.1, 0.15) is 10.4 Å². The van der Waals surface area contributed by atoms with E-state index in [-0.39, 0.29) is 5.91 Å². The third-order valence-electron chi connectivity index (χ3n) is 3.51. The van der Waals surface area contributed by atoms with Crippen molar-refractivity contribution < 1.29 is 9.18 Å². The zero-order valence-electron chi connectivity index (χ0n) is 12.8. The van der Waals surface area contributed by atoms with Gasteiger partial charge in [-0.15, -0.1) is 0 Å². The predicted molar refractivity (Wildman–Crippen MR) is 92.4 cm³/mol. The molecule has 0 aliphatic heterocycles. The molecule has 0 saturated heterocycles. The predicted octanol–water partition coefficient (Wildman–Crippen LogP) is 3.71. The number of nitrogens with one attached hydrogen (secondary N) is 1. The second-order valence-electron chi connectivity index (χ2n) is 5.21. The summed E-state index contributed by atoms with van der Waals surface area (Å²) in [5, 5.41) is 7.30. The number of amides is 1. The van der Waals surface area contributed by atoms with E-state index < -0.39 is 5.82 Å². The fourth-order valence-corrected chi connectivity index (χ4v) is 2.51. The van der Waals surface area contributed by atoms with Crippen molar-refractivity contribution in [3.63, 3.8) is 0 Å². The summed E-state index contributed by atoms with van der Waals surface area (Å²) < 4.78 is 15.5. The van der Waals surface area contributed by atoms with E-state index in [1.165, 1.54) is 10.7 Å². The number of hydrogen-bond donors (Lipinski definition) is 2. The van der Waals surface area contributed by atoms with Crippen LogP contribution in [0.15, 0.2) is 48.5 Å². The minimum Gasteiger partial charge on any atom is -0.399 e. The van der Waals surface area contributed by atoms with Gasteiger partial charge in [0.2, 0.25) is 0 Å². The topological polar surface area (TPSA) is 72.9 Å². The zero-order chi connectivity index (χ0) is 17.3. The summed E-state index contributed by atoms with van der Waals surface area (Å²) in [6.45, 7) is 0. The van der Waals surface area contributed by atoms with Crippen molar-refractivity contribution in [2.75, 3.05) is 11.1 Å². The van der Waals surface area contributed by atoms with Crippen LogP contribution < -0.4 is 11.1 Å². The molecule has 0 radical (unpaired) electrons. The third kappa shape index (κ3) is 3.09. The first-order chi connectivity index (χ1) is 11.5. The van der Waals surface area contributed by atoms with Gasteiger partial charge in [0, 0.05) is 24.4 Å². The molecular formula is C17H14ClFN4O. The average molecular weight is 345 g/mol. The maximum atomic E-state index is 14.0. The van der Waals surface area contributed by atoms with Crippen molar-refractivity contribution in [3.8, 4) is 11.3 Å². The molecule has 3 aromatic rings. The zero-order valence-corrected chi connectivity index (χ0v) is 13.5. The minimum atomic E-state index is -0.475. The Bertz CT molecular complexity index is 923. The molecule has 5 nitrogen and oxygen atoms in total. The fraction of sp³-hybridized carbons (Fsp3) is 0.0588. The van der Waals surface area contributed by atoms with Gasteiger partial charge in [0.05, 0.1) is 16.3 Å². The van der Waals surface area contributed by atoms with Gasteiger partial charge in [-0.25, -0.2) is 4.39 Å². The van der Waals surface area contributed by atoms with E-state index in [1.54, 1.807) is 49.5 Å². The molecular weight excluding hydrogens is 331 g/mol. The first-order valence-electron chi connectivity index (χ1n) is 7.11. The summed E-state index contributed by atoms with van der Waals surface area (Å²) in [6, 6.07) is 12.7. The number of anilines is 2. The Morgan fingerprint density at radius 2 is 2.00 bits per heavy atom. The maximum absolute atomic E-state index is 14.0. The SMILES string of the molecule is Cn1nc(-c2ccc(N)cc2F)cc1NC(=O)c1ccccc1Cl. The highest BCUT2D eigenvalue weighted by Gasteiger charge is 2.15. The van der Waals surface area contributed by atoms with Crippen LogP contribution in [0.2, 0.25) is 5.02 Å². The Hall–Kier alpha value is -2.86. The van der Waals surface area contributed by atoms with E-state index in [0.717, 1.165) is 0 Å². The van der Waals surface area contributed by atoms with Gasteiger partial charge in [-0.3, -0.25) is 9.48 Å². The number of nitrogen functional groups attached to an aromatic ring is 1. The molecule has 2 aromatic carbocycles. The number of hydrogen-bond acceptors (Lipinski definition) is 3. The molecule has 0 atom stereocenters. The lowest BCUT2D eigenvalue weighted by Crippen LogP contribution is -2.14. The van der Waals surface area contributed by atoms with Gasteiger partial charge in [-0.1, -0.05) is 23.7 Å². The molecule has 0 spiro atoms. The molecule has 0 bridgehead atoms. The summed E-state index contributed by atoms with van der Waals surface area (Å²) in [7, 11) is 1.65. The molecule has 0 aliphatic rings. The first kappa shape index (κ1) is 16.0. The van der Waals surface area contributed by atoms with Crippen LogP contribution in [0.5, 0.6) is 0 Å². The van der Waals surface area contributed by atoms with Crippen LogP contribution in [0.3, 0.4) is 0 Å². The highest BCUT2D eigenvalue weighted by molar-refractivity contribution is 6.34. The first-order valence-corrected chi connectivity index (χ1v) is 7.49. The molecule has 0 saturated carbocycles. The van der Waals surface area contributed by atoms with E-state index in [2.05, 4.69) is 10.4 Å². The Kier molecular flexibility index (Phi) is 4.22. The Morgan fingerprint density at radius 3 is 2.71 bits per heavy atom. The number of aromatic nitrogens is 2. The number of benzene rings is 2. The van der Waals surface area contributed by atoms with E-state index in [0.29, 0.717) is 33.3 Å². The van der Waals surface area contributed by atoms with Crippen molar-refractivity contribution in [1.82, 2.24) is 9.78 Å². The van der Waals surface area contributed by atoms with E-state index in [1.807, 2.05) is 0 Å². The number of carbonyl (C=O) groups excluding carboxylic acids is 1. The molecule has 1 amide bonds. The number of aryl methyl sites for hydroxylation is 1. The molecule has 1 heterocycles. The van der Waals surface area contributed by atoms with Crippen LogP contribution in [-0.2, 0) is 7.05 Å². The summed E-state index contributed by atoms with van der Waals surface area (Å²) >= 11 is 6.02. The number of rotatable bonds is 3. The van der Waals surface area contributed by atoms with Crippen LogP contribution in [0.4, 0.5) is 15.9 Å². The van der Waals surface area contributed by atoms with Crippen LogP contribution in [0, 0.1) is 5.82 Å². The monoisotopic (exact) mass is 344 g/mol. The second-order valence-corrected chi connectivity index (χ2v) is 5.62. The molecule has 24 heavy (non-hydrogen) atoms. The molecule has 3 N–H and O–H groups in total. The highest BCUT2D eigenvalue weighted by atomic mass is 35.5. The van der Waals surface area contributed by atoms with Gasteiger partial charge in [0.1, 0.15) is 11.6 Å². The summed E-state index contributed by atoms with van der Waals surface area (Å²) in [5.74, 6) is -0.420. The van der Waals surface area contributed by atoms with Gasteiger partial charge in [0.25, 0.3) is 5.91 Å². The smallest absolute Gasteiger partial charge is 0.258 e. The third-order valence-corrected chi connectivity index (χ3v) is 3.84. The lowest BCUT2D eigenvalue weighted by atomic mass is 10.1. The normalized spacial score (nSPS) is 10.6. The Labute approximate surface area is 142 Å². The average Bonchev–Trinajstić information content (AvgIpc) is 2.88. The fourth-order valence-electron chi connectivity index (χ4n) is 2.28. The maximum Gasteiger partial charge on any atom is 0.258 e. The molecule has 7 heteroatoms. The van der Waals surface area contributed by atoms with Crippen molar-refractivity contribution in [2.45, 2.75) is 0 Å². The highest BCUT2D eigenvalue weighted by Crippen LogP contribution is 2.26.